The van der Waals surface area contributed by atoms with Gasteiger partial charge >= 0.3 is 5.97 Å². The van der Waals surface area contributed by atoms with Crippen molar-refractivity contribution in [2.45, 2.75) is 58.0 Å². The summed E-state index contributed by atoms with van der Waals surface area (Å²) >= 11 is 0. The predicted octanol–water partition coefficient (Wildman–Crippen LogP) is 3.85. The van der Waals surface area contributed by atoms with E-state index in [4.69, 9.17) is 4.74 Å². The van der Waals surface area contributed by atoms with Crippen LogP contribution in [0.2, 0.25) is 0 Å². The van der Waals surface area contributed by atoms with E-state index in [1.54, 1.807) is 0 Å². The molecule has 0 aliphatic heterocycles. The molecule has 2 unspecified atom stereocenters. The Balaban J connectivity index is 2.55. The first-order valence-corrected chi connectivity index (χ1v) is 7.57. The number of esters is 1. The number of carbonyl (C=O) groups is 1. The lowest BCUT2D eigenvalue weighted by Crippen LogP contribution is -2.36. The van der Waals surface area contributed by atoms with Crippen molar-refractivity contribution in [1.29, 1.82) is 0 Å². The number of carbonyl (C=O) groups excluding carboxylic acids is 1. The van der Waals surface area contributed by atoms with Crippen molar-refractivity contribution < 1.29 is 9.53 Å². The first-order valence-electron chi connectivity index (χ1n) is 7.57. The fourth-order valence-corrected chi connectivity index (χ4v) is 2.31. The molecule has 1 aromatic carbocycles. The number of hydrogen-bond donors (Lipinski definition) is 1. The van der Waals surface area contributed by atoms with Crippen LogP contribution >= 0.6 is 0 Å². The summed E-state index contributed by atoms with van der Waals surface area (Å²) in [5.41, 5.74) is 0.958. The zero-order valence-electron chi connectivity index (χ0n) is 12.9. The normalized spacial score (nSPS) is 13.8. The molecule has 0 spiro atoms. The van der Waals surface area contributed by atoms with Crippen LogP contribution in [-0.2, 0) is 9.53 Å². The molecule has 2 atom stereocenters. The van der Waals surface area contributed by atoms with Crippen LogP contribution in [-0.4, -0.2) is 19.1 Å². The number of unbranched alkanes of at least 4 members (excludes halogenated alkanes) is 3. The molecule has 20 heavy (non-hydrogen) atoms. The van der Waals surface area contributed by atoms with E-state index >= 15 is 0 Å². The predicted molar refractivity (Wildman–Crippen MR) is 82.6 cm³/mol. The number of hydrogen-bond acceptors (Lipinski definition) is 3. The molecule has 0 bridgehead atoms. The molecule has 0 aliphatic rings. The van der Waals surface area contributed by atoms with E-state index in [1.165, 1.54) is 32.8 Å². The summed E-state index contributed by atoms with van der Waals surface area (Å²) in [6, 6.07) is 9.68. The smallest absolute Gasteiger partial charge is 0.327 e. The lowest BCUT2D eigenvalue weighted by molar-refractivity contribution is -0.143. The Kier molecular flexibility index (Phi) is 7.97. The van der Waals surface area contributed by atoms with Crippen LogP contribution in [0.3, 0.4) is 0 Å². The molecule has 0 saturated carbocycles. The van der Waals surface area contributed by atoms with E-state index in [0.717, 1.165) is 12.0 Å². The number of nitrogens with one attached hydrogen (secondary N) is 1. The average molecular weight is 277 g/mol. The summed E-state index contributed by atoms with van der Waals surface area (Å²) in [6.45, 7) is 4.34. The summed E-state index contributed by atoms with van der Waals surface area (Å²) in [5, 5.41) is 3.39. The fourth-order valence-electron chi connectivity index (χ4n) is 2.31. The minimum absolute atomic E-state index is 0.225. The molecule has 3 nitrogen and oxygen atoms in total. The van der Waals surface area contributed by atoms with Crippen molar-refractivity contribution in [3.63, 3.8) is 0 Å². The van der Waals surface area contributed by atoms with E-state index in [2.05, 4.69) is 19.2 Å². The summed E-state index contributed by atoms with van der Waals surface area (Å²) in [5.74, 6) is -0.225. The van der Waals surface area contributed by atoms with Gasteiger partial charge in [-0.3, -0.25) is 5.32 Å². The highest BCUT2D eigenvalue weighted by molar-refractivity contribution is 5.77. The van der Waals surface area contributed by atoms with Crippen LogP contribution in [0.1, 0.15) is 57.6 Å². The lowest BCUT2D eigenvalue weighted by atomic mass is 10.0. The van der Waals surface area contributed by atoms with Gasteiger partial charge in [0.2, 0.25) is 0 Å². The minimum Gasteiger partial charge on any atom is -0.468 e. The van der Waals surface area contributed by atoms with Gasteiger partial charge in [-0.2, -0.15) is 0 Å². The van der Waals surface area contributed by atoms with Crippen LogP contribution in [0.25, 0.3) is 0 Å². The second kappa shape index (κ2) is 9.54. The van der Waals surface area contributed by atoms with Gasteiger partial charge in [-0.05, 0) is 18.9 Å². The Morgan fingerprint density at radius 2 is 1.90 bits per heavy atom. The highest BCUT2D eigenvalue weighted by atomic mass is 16.5. The SMILES string of the molecule is CCCCCCC(C)NC(C(=O)OC)c1ccccc1. The summed E-state index contributed by atoms with van der Waals surface area (Å²) in [4.78, 5) is 11.9. The minimum atomic E-state index is -0.373. The highest BCUT2D eigenvalue weighted by Gasteiger charge is 2.22. The van der Waals surface area contributed by atoms with E-state index in [0.29, 0.717) is 6.04 Å². The molecule has 0 aromatic heterocycles. The van der Waals surface area contributed by atoms with Gasteiger partial charge in [0.25, 0.3) is 0 Å². The highest BCUT2D eigenvalue weighted by Crippen LogP contribution is 2.16. The topological polar surface area (TPSA) is 38.3 Å². The molecule has 0 aliphatic carbocycles. The molecule has 0 amide bonds. The van der Waals surface area contributed by atoms with Crippen LogP contribution in [0, 0.1) is 0 Å². The zero-order chi connectivity index (χ0) is 14.8. The first-order chi connectivity index (χ1) is 9.69. The first kappa shape index (κ1) is 16.7. The maximum absolute atomic E-state index is 11.9. The van der Waals surface area contributed by atoms with Crippen molar-refractivity contribution >= 4 is 5.97 Å². The molecular weight excluding hydrogens is 250 g/mol. The molecule has 1 aromatic rings. The Morgan fingerprint density at radius 1 is 1.20 bits per heavy atom. The Morgan fingerprint density at radius 3 is 2.50 bits per heavy atom. The standard InChI is InChI=1S/C17H27NO2/c1-4-5-6-8-11-14(2)18-16(17(19)20-3)15-12-9-7-10-13-15/h7,9-10,12-14,16,18H,4-6,8,11H2,1-3H3. The van der Waals surface area contributed by atoms with Crippen molar-refractivity contribution in [3.05, 3.63) is 35.9 Å². The van der Waals surface area contributed by atoms with Crippen molar-refractivity contribution in [1.82, 2.24) is 5.32 Å². The Bertz CT molecular complexity index is 378. The average Bonchev–Trinajstić information content (AvgIpc) is 2.49. The molecule has 1 rings (SSSR count). The van der Waals surface area contributed by atoms with Crippen molar-refractivity contribution in [3.8, 4) is 0 Å². The second-order valence-electron chi connectivity index (χ2n) is 5.28. The third kappa shape index (κ3) is 5.74. The summed E-state index contributed by atoms with van der Waals surface area (Å²) < 4.78 is 4.91. The molecular formula is C17H27NO2. The molecule has 0 radical (unpaired) electrons. The van der Waals surface area contributed by atoms with Crippen LogP contribution in [0.15, 0.2) is 30.3 Å². The van der Waals surface area contributed by atoms with Crippen molar-refractivity contribution in [2.24, 2.45) is 0 Å². The van der Waals surface area contributed by atoms with E-state index in [-0.39, 0.29) is 12.0 Å². The van der Waals surface area contributed by atoms with Gasteiger partial charge in [0, 0.05) is 6.04 Å². The van der Waals surface area contributed by atoms with E-state index < -0.39 is 0 Å². The fraction of sp³-hybridized carbons (Fsp3) is 0.588. The van der Waals surface area contributed by atoms with Crippen LogP contribution in [0.4, 0.5) is 0 Å². The lowest BCUT2D eigenvalue weighted by Gasteiger charge is -2.22. The molecule has 0 saturated heterocycles. The Hall–Kier alpha value is -1.35. The maximum atomic E-state index is 11.9. The molecule has 0 heterocycles. The number of rotatable bonds is 9. The van der Waals surface area contributed by atoms with E-state index in [1.807, 2.05) is 30.3 Å². The van der Waals surface area contributed by atoms with Crippen molar-refractivity contribution in [2.75, 3.05) is 7.11 Å². The summed E-state index contributed by atoms with van der Waals surface area (Å²) in [6.07, 6.45) is 6.07. The van der Waals surface area contributed by atoms with Gasteiger partial charge in [-0.25, -0.2) is 4.79 Å². The van der Waals surface area contributed by atoms with Crippen LogP contribution in [0.5, 0.6) is 0 Å². The van der Waals surface area contributed by atoms with Gasteiger partial charge in [0.05, 0.1) is 7.11 Å². The molecule has 3 heteroatoms. The van der Waals surface area contributed by atoms with Gasteiger partial charge in [0.1, 0.15) is 6.04 Å². The van der Waals surface area contributed by atoms with Gasteiger partial charge < -0.3 is 4.74 Å². The third-order valence-electron chi connectivity index (χ3n) is 3.51. The third-order valence-corrected chi connectivity index (χ3v) is 3.51. The number of benzene rings is 1. The molecule has 0 fully saturated rings. The summed E-state index contributed by atoms with van der Waals surface area (Å²) in [7, 11) is 1.44. The monoisotopic (exact) mass is 277 g/mol. The Labute approximate surface area is 122 Å². The zero-order valence-corrected chi connectivity index (χ0v) is 12.9. The molecule has 1 N–H and O–H groups in total. The van der Waals surface area contributed by atoms with E-state index in [9.17, 15) is 4.79 Å². The quantitative estimate of drug-likeness (QED) is 0.550. The van der Waals surface area contributed by atoms with Gasteiger partial charge in [-0.15, -0.1) is 0 Å². The van der Waals surface area contributed by atoms with Gasteiger partial charge in [-0.1, -0.05) is 62.9 Å². The largest absolute Gasteiger partial charge is 0.468 e. The second-order valence-corrected chi connectivity index (χ2v) is 5.28. The number of ether oxygens (including phenoxy) is 1. The van der Waals surface area contributed by atoms with Gasteiger partial charge in [0.15, 0.2) is 0 Å². The number of methoxy groups -OCH3 is 1. The maximum Gasteiger partial charge on any atom is 0.327 e. The van der Waals surface area contributed by atoms with Crippen LogP contribution < -0.4 is 5.32 Å². The molecule has 112 valence electrons.